The number of imide groups is 1. The van der Waals surface area contributed by atoms with Gasteiger partial charge in [-0.1, -0.05) is 43.3 Å². The molecule has 2 unspecified atom stereocenters. The molecule has 2 N–H and O–H groups in total. The van der Waals surface area contributed by atoms with Crippen molar-refractivity contribution in [3.63, 3.8) is 0 Å². The first-order valence-corrected chi connectivity index (χ1v) is 8.58. The maximum atomic E-state index is 12.8. The van der Waals surface area contributed by atoms with Crippen LogP contribution in [-0.4, -0.2) is 41.4 Å². The summed E-state index contributed by atoms with van der Waals surface area (Å²) in [6.45, 7) is 9.94. The summed E-state index contributed by atoms with van der Waals surface area (Å²) in [5.41, 5.74) is -0.885. The molecule has 0 aromatic heterocycles. The van der Waals surface area contributed by atoms with Gasteiger partial charge < -0.3 is 10.6 Å². The van der Waals surface area contributed by atoms with Crippen LogP contribution in [0.25, 0.3) is 0 Å². The number of nitrogens with one attached hydrogen (secondary N) is 2. The van der Waals surface area contributed by atoms with Gasteiger partial charge in [0.2, 0.25) is 5.91 Å². The maximum Gasteiger partial charge on any atom is 0.325 e. The highest BCUT2D eigenvalue weighted by atomic mass is 79.9. The van der Waals surface area contributed by atoms with Crippen molar-refractivity contribution in [3.8, 4) is 0 Å². The van der Waals surface area contributed by atoms with Crippen LogP contribution >= 0.6 is 15.9 Å². The Labute approximate surface area is 145 Å². The van der Waals surface area contributed by atoms with Gasteiger partial charge in [-0.2, -0.15) is 0 Å². The number of carbonyl (C=O) groups is 3. The zero-order valence-electron chi connectivity index (χ0n) is 13.9. The number of nitrogens with zero attached hydrogens (tertiary/aromatic N) is 1. The second-order valence-electron chi connectivity index (χ2n) is 7.55. The molecule has 0 radical (unpaired) electrons. The van der Waals surface area contributed by atoms with Gasteiger partial charge in [-0.05, 0) is 30.6 Å². The molecule has 6 nitrogen and oxygen atoms in total. The molecule has 0 aromatic carbocycles. The van der Waals surface area contributed by atoms with Gasteiger partial charge in [0.15, 0.2) is 0 Å². The molecule has 1 aliphatic carbocycles. The van der Waals surface area contributed by atoms with Crippen molar-refractivity contribution in [2.24, 2.45) is 11.3 Å². The summed E-state index contributed by atoms with van der Waals surface area (Å²) in [5, 5.41) is 5.46. The molecule has 1 aliphatic heterocycles. The number of carbonyl (C=O) groups excluding carboxylic acids is 3. The van der Waals surface area contributed by atoms with E-state index in [0.29, 0.717) is 23.2 Å². The molecule has 23 heavy (non-hydrogen) atoms. The molecule has 2 rings (SSSR count). The van der Waals surface area contributed by atoms with Gasteiger partial charge in [0, 0.05) is 11.0 Å². The molecule has 1 saturated heterocycles. The van der Waals surface area contributed by atoms with Gasteiger partial charge in [-0.25, -0.2) is 4.79 Å². The highest BCUT2D eigenvalue weighted by Gasteiger charge is 2.56. The Bertz CT molecular complexity index is 561. The molecule has 2 aliphatic rings. The number of hydrogen-bond donors (Lipinski definition) is 2. The van der Waals surface area contributed by atoms with Crippen LogP contribution in [0.1, 0.15) is 40.0 Å². The van der Waals surface area contributed by atoms with Gasteiger partial charge >= 0.3 is 6.03 Å². The Balaban J connectivity index is 2.10. The largest absolute Gasteiger partial charge is 0.350 e. The molecular weight excluding hydrogens is 362 g/mol. The third kappa shape index (κ3) is 3.94. The Kier molecular flexibility index (Phi) is 4.89. The summed E-state index contributed by atoms with van der Waals surface area (Å²) in [6.07, 6.45) is 2.24. The van der Waals surface area contributed by atoms with Gasteiger partial charge in [0.25, 0.3) is 5.91 Å². The molecule has 7 heteroatoms. The van der Waals surface area contributed by atoms with Gasteiger partial charge in [0.05, 0.1) is 0 Å². The maximum absolute atomic E-state index is 12.8. The zero-order chi connectivity index (χ0) is 17.4. The van der Waals surface area contributed by atoms with E-state index in [9.17, 15) is 14.4 Å². The van der Waals surface area contributed by atoms with Gasteiger partial charge in [-0.3, -0.25) is 14.5 Å². The smallest absolute Gasteiger partial charge is 0.325 e. The molecule has 0 bridgehead atoms. The van der Waals surface area contributed by atoms with E-state index in [0.717, 1.165) is 11.3 Å². The Morgan fingerprint density at radius 1 is 1.43 bits per heavy atom. The van der Waals surface area contributed by atoms with E-state index in [1.54, 1.807) is 0 Å². The fourth-order valence-electron chi connectivity index (χ4n) is 4.04. The lowest BCUT2D eigenvalue weighted by Crippen LogP contribution is -2.54. The number of halogens is 1. The lowest BCUT2D eigenvalue weighted by atomic mass is 9.64. The highest BCUT2D eigenvalue weighted by Crippen LogP contribution is 2.46. The molecule has 1 spiro atoms. The predicted octanol–water partition coefficient (Wildman–Crippen LogP) is 2.15. The highest BCUT2D eigenvalue weighted by molar-refractivity contribution is 9.11. The third-order valence-electron chi connectivity index (χ3n) is 4.40. The monoisotopic (exact) mass is 385 g/mol. The fourth-order valence-corrected chi connectivity index (χ4v) is 4.18. The SMILES string of the molecule is C=C(Br)CNC(=O)CN1C(=O)NC2(CC(C)CC(C)(C)C2)C1=O. The fraction of sp³-hybridized carbons (Fsp3) is 0.688. The standard InChI is InChI=1S/C16H24BrN3O3/c1-10-5-15(3,4)9-16(6-10)13(22)20(14(23)19-16)8-12(21)18-7-11(2)17/h10H,2,5-9H2,1,3-4H3,(H,18,21)(H,19,23). The predicted molar refractivity (Wildman–Crippen MR) is 90.8 cm³/mol. The Morgan fingerprint density at radius 2 is 2.09 bits per heavy atom. The quantitative estimate of drug-likeness (QED) is 0.727. The van der Waals surface area contributed by atoms with Crippen molar-refractivity contribution in [1.29, 1.82) is 0 Å². The summed E-state index contributed by atoms with van der Waals surface area (Å²) in [4.78, 5) is 38.0. The average Bonchev–Trinajstić information content (AvgIpc) is 2.58. The van der Waals surface area contributed by atoms with Crippen LogP contribution in [0.2, 0.25) is 0 Å². The van der Waals surface area contributed by atoms with Crippen molar-refractivity contribution >= 4 is 33.8 Å². The van der Waals surface area contributed by atoms with Crippen LogP contribution in [0.4, 0.5) is 4.79 Å². The molecule has 0 aromatic rings. The van der Waals surface area contributed by atoms with E-state index in [4.69, 9.17) is 0 Å². The third-order valence-corrected chi connectivity index (χ3v) is 4.68. The van der Waals surface area contributed by atoms with Crippen LogP contribution in [0.3, 0.4) is 0 Å². The first kappa shape index (κ1) is 18.0. The van der Waals surface area contributed by atoms with E-state index in [-0.39, 0.29) is 30.3 Å². The van der Waals surface area contributed by atoms with Crippen LogP contribution in [0.5, 0.6) is 0 Å². The first-order valence-electron chi connectivity index (χ1n) is 7.79. The van der Waals surface area contributed by atoms with Gasteiger partial charge in [0.1, 0.15) is 12.1 Å². The summed E-state index contributed by atoms with van der Waals surface area (Å²) in [7, 11) is 0. The molecule has 2 fully saturated rings. The molecular formula is C16H24BrN3O3. The number of amides is 4. The molecule has 128 valence electrons. The Hall–Kier alpha value is -1.37. The topological polar surface area (TPSA) is 78.5 Å². The summed E-state index contributed by atoms with van der Waals surface area (Å²) < 4.78 is 0.627. The lowest BCUT2D eigenvalue weighted by molar-refractivity contribution is -0.137. The van der Waals surface area contributed by atoms with Crippen LogP contribution in [0.15, 0.2) is 11.1 Å². The van der Waals surface area contributed by atoms with Crippen LogP contribution in [0, 0.1) is 11.3 Å². The second-order valence-corrected chi connectivity index (χ2v) is 8.67. The van der Waals surface area contributed by atoms with E-state index in [1.807, 2.05) is 0 Å². The molecule has 1 heterocycles. The minimum absolute atomic E-state index is 0.0213. The molecule has 1 saturated carbocycles. The van der Waals surface area contributed by atoms with E-state index in [2.05, 4.69) is 53.9 Å². The summed E-state index contributed by atoms with van der Waals surface area (Å²) in [6, 6.07) is -0.479. The number of urea groups is 1. The zero-order valence-corrected chi connectivity index (χ0v) is 15.5. The van der Waals surface area contributed by atoms with E-state index in [1.165, 1.54) is 0 Å². The van der Waals surface area contributed by atoms with Crippen molar-refractivity contribution in [1.82, 2.24) is 15.5 Å². The number of hydrogen-bond acceptors (Lipinski definition) is 3. The normalized spacial score (nSPS) is 29.6. The first-order chi connectivity index (χ1) is 10.5. The van der Waals surface area contributed by atoms with Crippen molar-refractivity contribution < 1.29 is 14.4 Å². The van der Waals surface area contributed by atoms with Gasteiger partial charge in [-0.15, -0.1) is 0 Å². The summed E-state index contributed by atoms with van der Waals surface area (Å²) in [5.74, 6) is -0.322. The van der Waals surface area contributed by atoms with Crippen molar-refractivity contribution in [3.05, 3.63) is 11.1 Å². The molecule has 2 atom stereocenters. The average molecular weight is 386 g/mol. The molecule has 4 amide bonds. The van der Waals surface area contributed by atoms with Crippen LogP contribution in [-0.2, 0) is 9.59 Å². The van der Waals surface area contributed by atoms with Crippen molar-refractivity contribution in [2.75, 3.05) is 13.1 Å². The summed E-state index contributed by atoms with van der Waals surface area (Å²) >= 11 is 3.15. The minimum atomic E-state index is -0.864. The van der Waals surface area contributed by atoms with Crippen molar-refractivity contribution in [2.45, 2.75) is 45.6 Å². The second kappa shape index (κ2) is 6.26. The van der Waals surface area contributed by atoms with E-state index >= 15 is 0 Å². The Morgan fingerprint density at radius 3 is 2.65 bits per heavy atom. The minimum Gasteiger partial charge on any atom is -0.350 e. The lowest BCUT2D eigenvalue weighted by Gasteiger charge is -2.43. The van der Waals surface area contributed by atoms with Crippen LogP contribution < -0.4 is 10.6 Å². The van der Waals surface area contributed by atoms with E-state index < -0.39 is 11.6 Å². The number of rotatable bonds is 4.